The Morgan fingerprint density at radius 1 is 0.524 bits per heavy atom. The molecule has 9 aromatic rings. The van der Waals surface area contributed by atoms with Gasteiger partial charge in [-0.15, -0.1) is 0 Å². The van der Waals surface area contributed by atoms with Crippen molar-refractivity contribution < 1.29 is 0 Å². The molecule has 0 amide bonds. The number of hydrogen-bond donors (Lipinski definition) is 0. The molecule has 0 fully saturated rings. The van der Waals surface area contributed by atoms with Gasteiger partial charge in [0.25, 0.3) is 0 Å². The number of nitrogens with zero attached hydrogens (tertiary/aromatic N) is 1. The Morgan fingerprint density at radius 2 is 1.16 bits per heavy atom. The summed E-state index contributed by atoms with van der Waals surface area (Å²) in [7, 11) is 0. The van der Waals surface area contributed by atoms with Crippen LogP contribution in [-0.2, 0) is 11.8 Å². The molecular weight excluding hydrogens is 759 g/mol. The van der Waals surface area contributed by atoms with Crippen LogP contribution in [0.1, 0.15) is 55.9 Å². The van der Waals surface area contributed by atoms with Crippen LogP contribution in [0.5, 0.6) is 0 Å². The molecule has 0 heterocycles. The van der Waals surface area contributed by atoms with Crippen LogP contribution in [0, 0.1) is 0 Å². The average molecular weight is 810 g/mol. The molecule has 0 aromatic heterocycles. The number of rotatable bonds is 7. The fourth-order valence-electron chi connectivity index (χ4n) is 10.2. The molecule has 1 nitrogen and oxygen atoms in total. The molecule has 1 heteroatoms. The summed E-state index contributed by atoms with van der Waals surface area (Å²) >= 11 is 0. The number of anilines is 2. The standard InChI is InChI=1S/C62H51N/c1-62(2,3)49-31-35-51(36-32-49)63(50-33-29-43(30-34-50)48-28-27-42-17-13-14-24-47(42)39-48)52-37-38-55-58(40-52)53-25-15-16-26-54(53)60-57(45-20-9-5-10-21-45)41-56(44-18-7-4-8-19-44)59(61(55)60)46-22-11-6-12-23-46/h4-9,11-20,22-39,41,52H,10,21,40H2,1-3H3. The fraction of sp³-hybridized carbons (Fsp3) is 0.129. The molecule has 0 spiro atoms. The Balaban J connectivity index is 1.13. The first kappa shape index (κ1) is 38.7. The maximum atomic E-state index is 2.57. The third-order valence-corrected chi connectivity index (χ3v) is 13.4. The molecule has 0 saturated carbocycles. The highest BCUT2D eigenvalue weighted by Crippen LogP contribution is 2.50. The van der Waals surface area contributed by atoms with Crippen LogP contribution in [-0.4, -0.2) is 6.04 Å². The van der Waals surface area contributed by atoms with E-state index in [0.29, 0.717) is 0 Å². The van der Waals surface area contributed by atoms with Crippen molar-refractivity contribution in [3.63, 3.8) is 0 Å². The maximum Gasteiger partial charge on any atom is 0.0566 e. The highest BCUT2D eigenvalue weighted by Gasteiger charge is 2.29. The van der Waals surface area contributed by atoms with Crippen molar-refractivity contribution in [2.45, 2.75) is 51.5 Å². The van der Waals surface area contributed by atoms with Gasteiger partial charge in [0.2, 0.25) is 0 Å². The zero-order valence-electron chi connectivity index (χ0n) is 36.4. The first-order valence-electron chi connectivity index (χ1n) is 22.6. The molecule has 0 N–H and O–H groups in total. The Kier molecular flexibility index (Phi) is 9.77. The zero-order chi connectivity index (χ0) is 42.5. The molecule has 2 aliphatic rings. The second-order valence-electron chi connectivity index (χ2n) is 18.3. The van der Waals surface area contributed by atoms with Gasteiger partial charge in [-0.3, -0.25) is 0 Å². The molecule has 11 rings (SSSR count). The molecule has 1 atom stereocenters. The highest BCUT2D eigenvalue weighted by atomic mass is 15.2. The summed E-state index contributed by atoms with van der Waals surface area (Å²) < 4.78 is 0. The Bertz CT molecular complexity index is 3250. The van der Waals surface area contributed by atoms with Crippen LogP contribution in [0.15, 0.2) is 206 Å². The lowest BCUT2D eigenvalue weighted by Crippen LogP contribution is -2.33. The summed E-state index contributed by atoms with van der Waals surface area (Å²) in [4.78, 5) is 2.57. The van der Waals surface area contributed by atoms with Crippen molar-refractivity contribution in [2.24, 2.45) is 0 Å². The normalized spacial score (nSPS) is 14.8. The van der Waals surface area contributed by atoms with E-state index >= 15 is 0 Å². The van der Waals surface area contributed by atoms with Gasteiger partial charge in [0.05, 0.1) is 6.04 Å². The van der Waals surface area contributed by atoms with E-state index in [4.69, 9.17) is 0 Å². The Hall–Kier alpha value is -7.22. The van der Waals surface area contributed by atoms with Gasteiger partial charge in [0.1, 0.15) is 0 Å². The summed E-state index contributed by atoms with van der Waals surface area (Å²) in [5.74, 6) is 0. The van der Waals surface area contributed by atoms with Crippen molar-refractivity contribution >= 4 is 55.3 Å². The summed E-state index contributed by atoms with van der Waals surface area (Å²) in [5, 5.41) is 7.88. The van der Waals surface area contributed by atoms with Gasteiger partial charge >= 0.3 is 0 Å². The van der Waals surface area contributed by atoms with Crippen molar-refractivity contribution in [1.29, 1.82) is 0 Å². The first-order valence-corrected chi connectivity index (χ1v) is 22.6. The van der Waals surface area contributed by atoms with Gasteiger partial charge in [-0.1, -0.05) is 197 Å². The van der Waals surface area contributed by atoms with Crippen LogP contribution < -0.4 is 4.90 Å². The average Bonchev–Trinajstić information content (AvgIpc) is 3.34. The summed E-state index contributed by atoms with van der Waals surface area (Å²) in [5.41, 5.74) is 16.8. The van der Waals surface area contributed by atoms with Crippen LogP contribution in [0.2, 0.25) is 0 Å². The topological polar surface area (TPSA) is 3.24 Å². The molecule has 63 heavy (non-hydrogen) atoms. The summed E-state index contributed by atoms with van der Waals surface area (Å²) in [6.07, 6.45) is 14.8. The number of fused-ring (bicyclic) bond motifs is 7. The highest BCUT2D eigenvalue weighted by molar-refractivity contribution is 6.23. The monoisotopic (exact) mass is 809 g/mol. The van der Waals surface area contributed by atoms with E-state index in [-0.39, 0.29) is 11.5 Å². The lowest BCUT2D eigenvalue weighted by Gasteiger charge is -2.36. The second-order valence-corrected chi connectivity index (χ2v) is 18.3. The summed E-state index contributed by atoms with van der Waals surface area (Å²) in [6, 6.07) is 67.9. The van der Waals surface area contributed by atoms with Gasteiger partial charge in [-0.05, 0) is 155 Å². The SMILES string of the molecule is CC(C)(C)c1ccc(N(c2ccc(-c3ccc4ccccc4c3)cc2)C2C=Cc3c(c4ccccc4c4c(C5=CC=CCC5)cc(-c5ccccc5)c(-c5ccccc5)c34)C2)cc1. The molecule has 0 bridgehead atoms. The lowest BCUT2D eigenvalue weighted by molar-refractivity contribution is 0.590. The van der Waals surface area contributed by atoms with E-state index in [1.807, 2.05) is 0 Å². The van der Waals surface area contributed by atoms with Gasteiger partial charge in [0.15, 0.2) is 0 Å². The van der Waals surface area contributed by atoms with E-state index in [1.165, 1.54) is 105 Å². The molecular formula is C62H51N. The van der Waals surface area contributed by atoms with Gasteiger partial charge in [-0.25, -0.2) is 0 Å². The van der Waals surface area contributed by atoms with Gasteiger partial charge in [-0.2, -0.15) is 0 Å². The Labute approximate surface area is 372 Å². The van der Waals surface area contributed by atoms with Gasteiger partial charge < -0.3 is 4.90 Å². The van der Waals surface area contributed by atoms with E-state index in [0.717, 1.165) is 19.3 Å². The number of hydrogen-bond acceptors (Lipinski definition) is 1. The smallest absolute Gasteiger partial charge is 0.0566 e. The molecule has 9 aromatic carbocycles. The largest absolute Gasteiger partial charge is 0.334 e. The molecule has 0 aliphatic heterocycles. The quantitative estimate of drug-likeness (QED) is 0.145. The molecule has 2 aliphatic carbocycles. The van der Waals surface area contributed by atoms with Crippen molar-refractivity contribution in [1.82, 2.24) is 0 Å². The predicted molar refractivity (Wildman–Crippen MR) is 272 cm³/mol. The minimum atomic E-state index is 0.0619. The van der Waals surface area contributed by atoms with Crippen LogP contribution >= 0.6 is 0 Å². The second kappa shape index (κ2) is 15.9. The number of benzene rings is 9. The molecule has 0 radical (unpaired) electrons. The third-order valence-electron chi connectivity index (χ3n) is 13.4. The third kappa shape index (κ3) is 7.08. The van der Waals surface area contributed by atoms with E-state index in [9.17, 15) is 0 Å². The Morgan fingerprint density at radius 3 is 1.86 bits per heavy atom. The van der Waals surface area contributed by atoms with E-state index in [1.54, 1.807) is 0 Å². The maximum absolute atomic E-state index is 2.57. The summed E-state index contributed by atoms with van der Waals surface area (Å²) in [6.45, 7) is 6.88. The van der Waals surface area contributed by atoms with Crippen molar-refractivity contribution in [3.8, 4) is 33.4 Å². The van der Waals surface area contributed by atoms with Crippen molar-refractivity contribution in [3.05, 3.63) is 229 Å². The van der Waals surface area contributed by atoms with Crippen molar-refractivity contribution in [2.75, 3.05) is 4.90 Å². The predicted octanol–water partition coefficient (Wildman–Crippen LogP) is 17.0. The van der Waals surface area contributed by atoms with Crippen LogP contribution in [0.25, 0.3) is 77.3 Å². The van der Waals surface area contributed by atoms with Crippen LogP contribution in [0.3, 0.4) is 0 Å². The van der Waals surface area contributed by atoms with Crippen LogP contribution in [0.4, 0.5) is 11.4 Å². The first-order chi connectivity index (χ1) is 30.9. The molecule has 304 valence electrons. The zero-order valence-corrected chi connectivity index (χ0v) is 36.4. The minimum Gasteiger partial charge on any atom is -0.334 e. The van der Waals surface area contributed by atoms with E-state index in [2.05, 4.69) is 238 Å². The van der Waals surface area contributed by atoms with Gasteiger partial charge in [0, 0.05) is 11.4 Å². The lowest BCUT2D eigenvalue weighted by atomic mass is 9.77. The molecule has 0 saturated heterocycles. The fourth-order valence-corrected chi connectivity index (χ4v) is 10.2. The van der Waals surface area contributed by atoms with E-state index < -0.39 is 0 Å². The number of allylic oxidation sites excluding steroid dienone is 4. The molecule has 1 unspecified atom stereocenters. The minimum absolute atomic E-state index is 0.0619.